The molecule has 1 N–H and O–H groups in total. The molecule has 0 saturated carbocycles. The van der Waals surface area contributed by atoms with Crippen molar-refractivity contribution < 1.29 is 19.1 Å². The van der Waals surface area contributed by atoms with Crippen molar-refractivity contribution in [3.05, 3.63) is 11.3 Å². The molecule has 1 aromatic rings. The molecule has 0 spiro atoms. The Hall–Kier alpha value is -2.03. The molecule has 0 bridgehead atoms. The summed E-state index contributed by atoms with van der Waals surface area (Å²) in [6.45, 7) is 9.12. The van der Waals surface area contributed by atoms with Crippen molar-refractivity contribution in [2.75, 3.05) is 30.9 Å². The second-order valence-electron chi connectivity index (χ2n) is 7.83. The molecule has 0 aromatic carbocycles. The number of thioether (sulfide) groups is 1. The summed E-state index contributed by atoms with van der Waals surface area (Å²) in [5.41, 5.74) is 0.150. The molecule has 8 nitrogen and oxygen atoms in total. The van der Waals surface area contributed by atoms with Gasteiger partial charge < -0.3 is 19.7 Å². The Morgan fingerprint density at radius 2 is 1.79 bits per heavy atom. The minimum absolute atomic E-state index is 0.0555. The van der Waals surface area contributed by atoms with Crippen LogP contribution in [0.15, 0.2) is 5.16 Å². The van der Waals surface area contributed by atoms with Crippen molar-refractivity contribution in [2.45, 2.75) is 70.7 Å². The molecule has 2 rings (SSSR count). The fraction of sp³-hybridized carbons (Fsp3) is 0.700. The van der Waals surface area contributed by atoms with Crippen LogP contribution in [0, 0.1) is 0 Å². The SMILES string of the molecule is CCOC(=O)c1c(CNC(=O)OC(C)(C)C)nc(SC)nc1N1CCCCCC1. The van der Waals surface area contributed by atoms with Crippen molar-refractivity contribution in [2.24, 2.45) is 0 Å². The Morgan fingerprint density at radius 3 is 2.34 bits per heavy atom. The van der Waals surface area contributed by atoms with Crippen LogP contribution in [0.25, 0.3) is 0 Å². The summed E-state index contributed by atoms with van der Waals surface area (Å²) in [4.78, 5) is 36.2. The fourth-order valence-corrected chi connectivity index (χ4v) is 3.46. The third kappa shape index (κ3) is 7.06. The number of carbonyl (C=O) groups is 2. The number of aromatic nitrogens is 2. The van der Waals surface area contributed by atoms with Gasteiger partial charge in [0.2, 0.25) is 0 Å². The summed E-state index contributed by atoms with van der Waals surface area (Å²) in [6, 6.07) is 0. The highest BCUT2D eigenvalue weighted by Gasteiger charge is 2.27. The molecule has 0 atom stereocenters. The minimum Gasteiger partial charge on any atom is -0.462 e. The third-order valence-corrected chi connectivity index (χ3v) is 4.86. The molecule has 0 unspecified atom stereocenters. The molecule has 1 aromatic heterocycles. The van der Waals surface area contributed by atoms with Gasteiger partial charge in [-0.1, -0.05) is 24.6 Å². The maximum atomic E-state index is 12.8. The van der Waals surface area contributed by atoms with Gasteiger partial charge in [0.25, 0.3) is 0 Å². The molecule has 9 heteroatoms. The van der Waals surface area contributed by atoms with Crippen LogP contribution in [0.4, 0.5) is 10.6 Å². The molecule has 1 amide bonds. The summed E-state index contributed by atoms with van der Waals surface area (Å²) >= 11 is 1.40. The van der Waals surface area contributed by atoms with Crippen molar-refractivity contribution in [1.82, 2.24) is 15.3 Å². The van der Waals surface area contributed by atoms with Gasteiger partial charge in [0.15, 0.2) is 5.16 Å². The van der Waals surface area contributed by atoms with Gasteiger partial charge in [-0.25, -0.2) is 19.6 Å². The topological polar surface area (TPSA) is 93.6 Å². The highest BCUT2D eigenvalue weighted by molar-refractivity contribution is 7.98. The third-order valence-electron chi connectivity index (χ3n) is 4.31. The first-order valence-electron chi connectivity index (χ1n) is 10.1. The standard InChI is InChI=1S/C20H32N4O4S/c1-6-27-17(25)15-14(13-21-19(26)28-20(2,3)4)22-18(29-5)23-16(15)24-11-9-7-8-10-12-24/h6-13H2,1-5H3,(H,21,26). The van der Waals surface area contributed by atoms with E-state index in [1.807, 2.05) is 6.26 Å². The molecular formula is C20H32N4O4S. The average Bonchev–Trinajstić information content (AvgIpc) is 2.93. The first-order valence-corrected chi connectivity index (χ1v) is 11.3. The summed E-state index contributed by atoms with van der Waals surface area (Å²) in [5.74, 6) is 0.117. The molecular weight excluding hydrogens is 392 g/mol. The molecule has 162 valence electrons. The van der Waals surface area contributed by atoms with Gasteiger partial charge in [-0.3, -0.25) is 0 Å². The largest absolute Gasteiger partial charge is 0.462 e. The number of hydrogen-bond acceptors (Lipinski definition) is 8. The molecule has 2 heterocycles. The molecule has 0 aliphatic carbocycles. The zero-order chi connectivity index (χ0) is 21.4. The van der Waals surface area contributed by atoms with Crippen LogP contribution in [0.1, 0.15) is 69.4 Å². The number of ether oxygens (including phenoxy) is 2. The number of amides is 1. The number of alkyl carbamates (subject to hydrolysis) is 1. The minimum atomic E-state index is -0.610. The van der Waals surface area contributed by atoms with Crippen LogP contribution in [0.5, 0.6) is 0 Å². The van der Waals surface area contributed by atoms with Crippen molar-refractivity contribution in [1.29, 1.82) is 0 Å². The number of anilines is 1. The van der Waals surface area contributed by atoms with Crippen LogP contribution in [-0.2, 0) is 16.0 Å². The predicted molar refractivity (Wildman–Crippen MR) is 114 cm³/mol. The predicted octanol–water partition coefficient (Wildman–Crippen LogP) is 3.78. The normalized spacial score (nSPS) is 14.9. The van der Waals surface area contributed by atoms with E-state index in [-0.39, 0.29) is 13.2 Å². The van der Waals surface area contributed by atoms with E-state index in [4.69, 9.17) is 9.47 Å². The molecule has 1 aliphatic rings. The Balaban J connectivity index is 2.39. The number of nitrogens with zero attached hydrogens (tertiary/aromatic N) is 3. The fourth-order valence-electron chi connectivity index (χ4n) is 3.08. The molecule has 1 saturated heterocycles. The number of hydrogen-bond donors (Lipinski definition) is 1. The molecule has 29 heavy (non-hydrogen) atoms. The highest BCUT2D eigenvalue weighted by Crippen LogP contribution is 2.27. The monoisotopic (exact) mass is 424 g/mol. The Kier molecular flexibility index (Phi) is 8.55. The van der Waals surface area contributed by atoms with Crippen LogP contribution < -0.4 is 10.2 Å². The lowest BCUT2D eigenvalue weighted by Crippen LogP contribution is -2.34. The molecule has 0 radical (unpaired) electrons. The highest BCUT2D eigenvalue weighted by atomic mass is 32.2. The van der Waals surface area contributed by atoms with Crippen LogP contribution in [-0.4, -0.2) is 53.6 Å². The molecule has 1 aliphatic heterocycles. The number of carbonyl (C=O) groups excluding carboxylic acids is 2. The number of nitrogens with one attached hydrogen (secondary N) is 1. The van der Waals surface area contributed by atoms with E-state index in [0.717, 1.165) is 25.9 Å². The smallest absolute Gasteiger partial charge is 0.407 e. The Labute approximate surface area is 177 Å². The Bertz CT molecular complexity index is 713. The van der Waals surface area contributed by atoms with Gasteiger partial charge in [0.05, 0.1) is 18.8 Å². The van der Waals surface area contributed by atoms with Crippen molar-refractivity contribution in [3.63, 3.8) is 0 Å². The summed E-state index contributed by atoms with van der Waals surface area (Å²) < 4.78 is 10.6. The van der Waals surface area contributed by atoms with Crippen molar-refractivity contribution in [3.8, 4) is 0 Å². The van der Waals surface area contributed by atoms with Crippen LogP contribution in [0.3, 0.4) is 0 Å². The summed E-state index contributed by atoms with van der Waals surface area (Å²) in [7, 11) is 0. The zero-order valence-corrected chi connectivity index (χ0v) is 18.9. The van der Waals surface area contributed by atoms with E-state index in [1.165, 1.54) is 24.6 Å². The first-order chi connectivity index (χ1) is 13.7. The summed E-state index contributed by atoms with van der Waals surface area (Å²) in [6.07, 6.45) is 5.75. The van der Waals surface area contributed by atoms with E-state index in [9.17, 15) is 9.59 Å². The Morgan fingerprint density at radius 1 is 1.14 bits per heavy atom. The lowest BCUT2D eigenvalue weighted by atomic mass is 10.2. The van der Waals surface area contributed by atoms with Gasteiger partial charge in [-0.15, -0.1) is 0 Å². The van der Waals surface area contributed by atoms with E-state index in [2.05, 4.69) is 20.2 Å². The maximum absolute atomic E-state index is 12.8. The van der Waals surface area contributed by atoms with Gasteiger partial charge in [-0.05, 0) is 46.8 Å². The second kappa shape index (κ2) is 10.7. The van der Waals surface area contributed by atoms with Crippen molar-refractivity contribution >= 4 is 29.6 Å². The average molecular weight is 425 g/mol. The van der Waals surface area contributed by atoms with E-state index < -0.39 is 17.7 Å². The van der Waals surface area contributed by atoms with E-state index in [0.29, 0.717) is 22.2 Å². The summed E-state index contributed by atoms with van der Waals surface area (Å²) in [5, 5.41) is 3.25. The first kappa shape index (κ1) is 23.3. The number of rotatable bonds is 6. The number of esters is 1. The van der Waals surface area contributed by atoms with E-state index >= 15 is 0 Å². The lowest BCUT2D eigenvalue weighted by Gasteiger charge is -2.25. The van der Waals surface area contributed by atoms with Crippen LogP contribution in [0.2, 0.25) is 0 Å². The second-order valence-corrected chi connectivity index (χ2v) is 8.61. The van der Waals surface area contributed by atoms with Crippen LogP contribution >= 0.6 is 11.8 Å². The van der Waals surface area contributed by atoms with Gasteiger partial charge in [-0.2, -0.15) is 0 Å². The van der Waals surface area contributed by atoms with Gasteiger partial charge >= 0.3 is 12.1 Å². The molecule has 1 fully saturated rings. The lowest BCUT2D eigenvalue weighted by molar-refractivity contribution is 0.0500. The zero-order valence-electron chi connectivity index (χ0n) is 18.0. The quantitative estimate of drug-likeness (QED) is 0.419. The van der Waals surface area contributed by atoms with E-state index in [1.54, 1.807) is 27.7 Å². The maximum Gasteiger partial charge on any atom is 0.407 e. The van der Waals surface area contributed by atoms with Gasteiger partial charge in [0, 0.05) is 13.1 Å². The van der Waals surface area contributed by atoms with Gasteiger partial charge in [0.1, 0.15) is 17.0 Å².